The van der Waals surface area contributed by atoms with Crippen LogP contribution in [0.2, 0.25) is 0 Å². The van der Waals surface area contributed by atoms with Gasteiger partial charge in [0.25, 0.3) is 5.56 Å². The molecule has 2 aromatic carbocycles. The molecule has 6 nitrogen and oxygen atoms in total. The average molecular weight is 450 g/mol. The van der Waals surface area contributed by atoms with Crippen LogP contribution in [0, 0.1) is 13.8 Å². The van der Waals surface area contributed by atoms with Gasteiger partial charge in [0.15, 0.2) is 0 Å². The first-order valence-corrected chi connectivity index (χ1v) is 11.2. The molecule has 0 aliphatic carbocycles. The minimum Gasteiger partial charge on any atom is -0.497 e. The van der Waals surface area contributed by atoms with Crippen LogP contribution in [0.25, 0.3) is 20.7 Å². The molecule has 2 aromatic heterocycles. The number of aromatic amines is 1. The van der Waals surface area contributed by atoms with E-state index in [0.717, 1.165) is 45.1 Å². The van der Waals surface area contributed by atoms with Crippen LogP contribution < -0.4 is 15.0 Å². The summed E-state index contributed by atoms with van der Waals surface area (Å²) in [6.45, 7) is 5.40. The highest BCUT2D eigenvalue weighted by atomic mass is 32.1. The number of H-pyrrole nitrogens is 1. The number of hydrogen-bond acceptors (Lipinski definition) is 6. The van der Waals surface area contributed by atoms with Crippen LogP contribution in [0.4, 0.5) is 0 Å². The fraction of sp³-hybridized carbons (Fsp3) is 0.280. The van der Waals surface area contributed by atoms with E-state index in [1.54, 1.807) is 14.2 Å². The quantitative estimate of drug-likeness (QED) is 0.434. The molecule has 166 valence electrons. The van der Waals surface area contributed by atoms with Crippen molar-refractivity contribution in [3.05, 3.63) is 75.3 Å². The van der Waals surface area contributed by atoms with Crippen molar-refractivity contribution in [1.82, 2.24) is 14.9 Å². The molecule has 0 bridgehead atoms. The highest BCUT2D eigenvalue weighted by Crippen LogP contribution is 2.32. The van der Waals surface area contributed by atoms with Gasteiger partial charge < -0.3 is 14.5 Å². The zero-order valence-corrected chi connectivity index (χ0v) is 19.8. The summed E-state index contributed by atoms with van der Waals surface area (Å²) < 4.78 is 11.3. The highest BCUT2D eigenvalue weighted by molar-refractivity contribution is 7.22. The smallest absolute Gasteiger partial charge is 0.268 e. The third-order valence-corrected chi connectivity index (χ3v) is 6.58. The van der Waals surface area contributed by atoms with Gasteiger partial charge in [-0.05, 0) is 73.5 Å². The molecule has 0 amide bonds. The van der Waals surface area contributed by atoms with Gasteiger partial charge in [-0.15, -0.1) is 11.3 Å². The van der Waals surface area contributed by atoms with Gasteiger partial charge in [-0.2, -0.15) is 0 Å². The fourth-order valence-corrected chi connectivity index (χ4v) is 5.03. The summed E-state index contributed by atoms with van der Waals surface area (Å²) in [5, 5.41) is 0. The monoisotopic (exact) mass is 449 g/mol. The number of nitrogens with zero attached hydrogens (tertiary/aromatic N) is 2. The van der Waals surface area contributed by atoms with E-state index in [0.29, 0.717) is 17.1 Å². The van der Waals surface area contributed by atoms with E-state index >= 15 is 0 Å². The van der Waals surface area contributed by atoms with Gasteiger partial charge in [-0.1, -0.05) is 12.1 Å². The Morgan fingerprint density at radius 1 is 1.00 bits per heavy atom. The summed E-state index contributed by atoms with van der Waals surface area (Å²) in [6.07, 6.45) is 0. The fourth-order valence-electron chi connectivity index (χ4n) is 4.04. The Labute approximate surface area is 191 Å². The molecule has 0 fully saturated rings. The van der Waals surface area contributed by atoms with Gasteiger partial charge in [-0.25, -0.2) is 4.98 Å². The Bertz CT molecular complexity index is 1290. The van der Waals surface area contributed by atoms with Gasteiger partial charge in [0.05, 0.1) is 26.3 Å². The normalized spacial score (nSPS) is 11.3. The van der Waals surface area contributed by atoms with Crippen molar-refractivity contribution < 1.29 is 9.47 Å². The largest absolute Gasteiger partial charge is 0.497 e. The van der Waals surface area contributed by atoms with E-state index in [1.165, 1.54) is 16.9 Å². The number of methoxy groups -OCH3 is 2. The zero-order valence-electron chi connectivity index (χ0n) is 19.0. The van der Waals surface area contributed by atoms with Gasteiger partial charge in [0.1, 0.15) is 22.0 Å². The number of nitrogens with one attached hydrogen (secondary N) is 1. The average Bonchev–Trinajstić information content (AvgIpc) is 3.18. The molecule has 0 unspecified atom stereocenters. The molecular weight excluding hydrogens is 422 g/mol. The van der Waals surface area contributed by atoms with Gasteiger partial charge in [-0.3, -0.25) is 9.69 Å². The van der Waals surface area contributed by atoms with E-state index in [9.17, 15) is 4.79 Å². The third-order valence-electron chi connectivity index (χ3n) is 5.40. The lowest BCUT2D eigenvalue weighted by atomic mass is 10.1. The molecule has 0 spiro atoms. The Kier molecular flexibility index (Phi) is 6.30. The highest BCUT2D eigenvalue weighted by Gasteiger charge is 2.13. The molecule has 2 heterocycles. The molecule has 32 heavy (non-hydrogen) atoms. The van der Waals surface area contributed by atoms with Crippen molar-refractivity contribution >= 4 is 21.6 Å². The van der Waals surface area contributed by atoms with Crippen molar-refractivity contribution in [2.75, 3.05) is 21.3 Å². The van der Waals surface area contributed by atoms with Crippen LogP contribution in [-0.4, -0.2) is 36.1 Å². The van der Waals surface area contributed by atoms with Crippen molar-refractivity contribution in [1.29, 1.82) is 0 Å². The van der Waals surface area contributed by atoms with Crippen molar-refractivity contribution in [3.8, 4) is 21.9 Å². The van der Waals surface area contributed by atoms with Gasteiger partial charge >= 0.3 is 0 Å². The number of thiophene rings is 1. The minimum absolute atomic E-state index is 0.0979. The van der Waals surface area contributed by atoms with Crippen molar-refractivity contribution in [3.63, 3.8) is 0 Å². The van der Waals surface area contributed by atoms with Crippen LogP contribution in [0.15, 0.2) is 47.3 Å². The summed E-state index contributed by atoms with van der Waals surface area (Å²) in [4.78, 5) is 23.5. The number of rotatable bonds is 7. The first-order valence-electron chi connectivity index (χ1n) is 10.4. The maximum Gasteiger partial charge on any atom is 0.268 e. The van der Waals surface area contributed by atoms with E-state index in [-0.39, 0.29) is 5.56 Å². The maximum absolute atomic E-state index is 12.7. The lowest BCUT2D eigenvalue weighted by molar-refractivity contribution is 0.310. The number of aromatic nitrogens is 2. The summed E-state index contributed by atoms with van der Waals surface area (Å²) in [5.41, 5.74) is 5.10. The van der Waals surface area contributed by atoms with Crippen LogP contribution in [0.1, 0.15) is 22.5 Å². The van der Waals surface area contributed by atoms with Crippen LogP contribution in [-0.2, 0) is 13.1 Å². The molecule has 7 heteroatoms. The predicted molar refractivity (Wildman–Crippen MR) is 130 cm³/mol. The lowest BCUT2D eigenvalue weighted by Gasteiger charge is -2.18. The Balaban J connectivity index is 1.55. The zero-order chi connectivity index (χ0) is 22.8. The molecular formula is C25H27N3O3S. The summed E-state index contributed by atoms with van der Waals surface area (Å²) in [7, 11) is 5.37. The van der Waals surface area contributed by atoms with Crippen molar-refractivity contribution in [2.24, 2.45) is 0 Å². The molecule has 4 aromatic rings. The molecule has 0 saturated heterocycles. The standard InChI is InChI=1S/C25H27N3O3S/c1-15-10-17(11-16(2)23(15)31-5)13-28(3)14-22-26-20-12-21(32-24(20)25(29)27-22)18-6-8-19(30-4)9-7-18/h6-12H,13-14H2,1-5H3,(H,26,27,29). The number of hydrogen-bond donors (Lipinski definition) is 1. The molecule has 0 radical (unpaired) electrons. The summed E-state index contributed by atoms with van der Waals surface area (Å²) >= 11 is 1.45. The third kappa shape index (κ3) is 4.54. The van der Waals surface area contributed by atoms with Crippen molar-refractivity contribution in [2.45, 2.75) is 26.9 Å². The Morgan fingerprint density at radius 2 is 1.69 bits per heavy atom. The lowest BCUT2D eigenvalue weighted by Crippen LogP contribution is -2.21. The number of fused-ring (bicyclic) bond motifs is 1. The Hall–Kier alpha value is -3.16. The first kappa shape index (κ1) is 22.0. The molecule has 1 N–H and O–H groups in total. The minimum atomic E-state index is -0.0979. The molecule has 0 saturated carbocycles. The Morgan fingerprint density at radius 3 is 2.31 bits per heavy atom. The molecule has 0 aliphatic rings. The van der Waals surface area contributed by atoms with E-state index in [4.69, 9.17) is 14.5 Å². The summed E-state index contributed by atoms with van der Waals surface area (Å²) in [5.74, 6) is 2.39. The van der Waals surface area contributed by atoms with Gasteiger partial charge in [0, 0.05) is 11.4 Å². The number of aryl methyl sites for hydroxylation is 2. The van der Waals surface area contributed by atoms with Gasteiger partial charge in [0.2, 0.25) is 0 Å². The van der Waals surface area contributed by atoms with Crippen LogP contribution in [0.5, 0.6) is 11.5 Å². The topological polar surface area (TPSA) is 67.5 Å². The SMILES string of the molecule is COc1ccc(-c2cc3nc(CN(C)Cc4cc(C)c(OC)c(C)c4)[nH]c(=O)c3s2)cc1. The van der Waals surface area contributed by atoms with E-state index in [2.05, 4.69) is 35.9 Å². The van der Waals surface area contributed by atoms with E-state index in [1.807, 2.05) is 37.4 Å². The second kappa shape index (κ2) is 9.14. The second-order valence-corrected chi connectivity index (χ2v) is 9.05. The second-order valence-electron chi connectivity index (χ2n) is 8.00. The first-order chi connectivity index (χ1) is 15.4. The molecule has 4 rings (SSSR count). The molecule has 0 atom stereocenters. The predicted octanol–water partition coefficient (Wildman–Crippen LogP) is 4.92. The van der Waals surface area contributed by atoms with E-state index < -0.39 is 0 Å². The number of ether oxygens (including phenoxy) is 2. The van der Waals surface area contributed by atoms with Crippen LogP contribution in [0.3, 0.4) is 0 Å². The molecule has 0 aliphatic heterocycles. The summed E-state index contributed by atoms with van der Waals surface area (Å²) in [6, 6.07) is 14.1. The van der Waals surface area contributed by atoms with Crippen LogP contribution >= 0.6 is 11.3 Å². The number of benzene rings is 2. The maximum atomic E-state index is 12.7.